The Morgan fingerprint density at radius 3 is 2.75 bits per heavy atom. The Balaban J connectivity index is 1.95. The fraction of sp³-hybridized carbons (Fsp3) is 0.632. The second-order valence-corrected chi connectivity index (χ2v) is 6.51. The van der Waals surface area contributed by atoms with Gasteiger partial charge in [-0.3, -0.25) is 4.79 Å². The molecule has 1 aliphatic rings. The Morgan fingerprint density at radius 2 is 2.17 bits per heavy atom. The van der Waals surface area contributed by atoms with Crippen molar-refractivity contribution < 1.29 is 14.3 Å². The molecule has 0 aliphatic carbocycles. The van der Waals surface area contributed by atoms with Crippen LogP contribution in [0.2, 0.25) is 0 Å². The minimum Gasteiger partial charge on any atom is -0.380 e. The van der Waals surface area contributed by atoms with Crippen LogP contribution in [0.1, 0.15) is 30.4 Å². The smallest absolute Gasteiger partial charge is 0.225 e. The number of methoxy groups -OCH3 is 1. The van der Waals surface area contributed by atoms with E-state index in [1.54, 1.807) is 7.11 Å². The van der Waals surface area contributed by atoms with Gasteiger partial charge in [0.05, 0.1) is 18.6 Å². The molecule has 2 N–H and O–H groups in total. The summed E-state index contributed by atoms with van der Waals surface area (Å²) in [5.41, 5.74) is 8.14. The topological polar surface area (TPSA) is 64.8 Å². The SMILES string of the molecule is COC(CN)CC(=O)N(CCc1ccc(C)cc1)CC1CCCO1. The number of hydrogen-bond acceptors (Lipinski definition) is 4. The first kappa shape index (κ1) is 18.9. The molecule has 1 fully saturated rings. The van der Waals surface area contributed by atoms with Crippen LogP contribution in [0, 0.1) is 6.92 Å². The predicted octanol–water partition coefficient (Wildman–Crippen LogP) is 1.91. The van der Waals surface area contributed by atoms with Crippen molar-refractivity contribution in [3.8, 4) is 0 Å². The van der Waals surface area contributed by atoms with Crippen LogP contribution in [0.3, 0.4) is 0 Å². The van der Waals surface area contributed by atoms with Crippen LogP contribution in [0.25, 0.3) is 0 Å². The lowest BCUT2D eigenvalue weighted by Gasteiger charge is -2.27. The van der Waals surface area contributed by atoms with Crippen molar-refractivity contribution in [2.75, 3.05) is 33.4 Å². The first-order valence-electron chi connectivity index (χ1n) is 8.80. The van der Waals surface area contributed by atoms with Crippen LogP contribution >= 0.6 is 0 Å². The average Bonchev–Trinajstić information content (AvgIpc) is 3.10. The number of rotatable bonds is 9. The van der Waals surface area contributed by atoms with Crippen molar-refractivity contribution in [1.82, 2.24) is 4.90 Å². The Hall–Kier alpha value is -1.43. The Labute approximate surface area is 145 Å². The van der Waals surface area contributed by atoms with Crippen molar-refractivity contribution >= 4 is 5.91 Å². The Kier molecular flexibility index (Phi) is 7.69. The van der Waals surface area contributed by atoms with Crippen molar-refractivity contribution in [3.63, 3.8) is 0 Å². The fourth-order valence-corrected chi connectivity index (χ4v) is 2.96. The van der Waals surface area contributed by atoms with Gasteiger partial charge in [-0.25, -0.2) is 0 Å². The minimum absolute atomic E-state index is 0.0925. The molecule has 24 heavy (non-hydrogen) atoms. The second kappa shape index (κ2) is 9.77. The van der Waals surface area contributed by atoms with E-state index >= 15 is 0 Å². The normalized spacial score (nSPS) is 18.5. The van der Waals surface area contributed by atoms with Crippen molar-refractivity contribution in [2.45, 2.75) is 44.8 Å². The van der Waals surface area contributed by atoms with E-state index in [4.69, 9.17) is 15.2 Å². The molecule has 134 valence electrons. The first-order chi connectivity index (χ1) is 11.6. The van der Waals surface area contributed by atoms with Gasteiger partial charge in [-0.15, -0.1) is 0 Å². The fourth-order valence-electron chi connectivity index (χ4n) is 2.96. The summed E-state index contributed by atoms with van der Waals surface area (Å²) >= 11 is 0. The number of nitrogens with zero attached hydrogens (tertiary/aromatic N) is 1. The van der Waals surface area contributed by atoms with Crippen LogP contribution in [0.15, 0.2) is 24.3 Å². The maximum absolute atomic E-state index is 12.7. The van der Waals surface area contributed by atoms with Crippen LogP contribution < -0.4 is 5.73 Å². The minimum atomic E-state index is -0.219. The molecule has 5 nitrogen and oxygen atoms in total. The molecule has 0 aromatic heterocycles. The number of benzene rings is 1. The number of amides is 1. The molecule has 2 atom stereocenters. The lowest BCUT2D eigenvalue weighted by atomic mass is 10.1. The van der Waals surface area contributed by atoms with E-state index in [9.17, 15) is 4.79 Å². The van der Waals surface area contributed by atoms with Crippen LogP contribution in [-0.2, 0) is 20.7 Å². The highest BCUT2D eigenvalue weighted by molar-refractivity contribution is 5.76. The van der Waals surface area contributed by atoms with Gasteiger partial charge < -0.3 is 20.1 Å². The molecule has 2 rings (SSSR count). The molecular formula is C19H30N2O3. The highest BCUT2D eigenvalue weighted by Crippen LogP contribution is 2.15. The van der Waals surface area contributed by atoms with Crippen LogP contribution in [0.4, 0.5) is 0 Å². The summed E-state index contributed by atoms with van der Waals surface area (Å²) in [6, 6.07) is 8.47. The molecule has 5 heteroatoms. The number of ether oxygens (including phenoxy) is 2. The Morgan fingerprint density at radius 1 is 1.42 bits per heavy atom. The third kappa shape index (κ3) is 5.89. The summed E-state index contributed by atoms with van der Waals surface area (Å²) in [6.45, 7) is 4.59. The number of hydrogen-bond donors (Lipinski definition) is 1. The lowest BCUT2D eigenvalue weighted by Crippen LogP contribution is -2.41. The van der Waals surface area contributed by atoms with E-state index in [1.807, 2.05) is 4.90 Å². The maximum atomic E-state index is 12.7. The zero-order valence-electron chi connectivity index (χ0n) is 14.9. The first-order valence-corrected chi connectivity index (χ1v) is 8.80. The largest absolute Gasteiger partial charge is 0.380 e. The maximum Gasteiger partial charge on any atom is 0.225 e. The summed E-state index contributed by atoms with van der Waals surface area (Å²) in [4.78, 5) is 14.6. The lowest BCUT2D eigenvalue weighted by molar-refractivity contribution is -0.135. The molecule has 1 saturated heterocycles. The highest BCUT2D eigenvalue weighted by atomic mass is 16.5. The molecule has 1 aliphatic heterocycles. The van der Waals surface area contributed by atoms with E-state index < -0.39 is 0 Å². The second-order valence-electron chi connectivity index (χ2n) is 6.51. The van der Waals surface area contributed by atoms with Crippen LogP contribution in [-0.4, -0.2) is 56.4 Å². The van der Waals surface area contributed by atoms with Crippen LogP contribution in [0.5, 0.6) is 0 Å². The molecule has 0 saturated carbocycles. The van der Waals surface area contributed by atoms with E-state index in [2.05, 4.69) is 31.2 Å². The van der Waals surface area contributed by atoms with Gasteiger partial charge in [-0.1, -0.05) is 29.8 Å². The number of carbonyl (C=O) groups is 1. The van der Waals surface area contributed by atoms with E-state index in [0.717, 1.165) is 25.9 Å². The third-order valence-corrected chi connectivity index (χ3v) is 4.59. The molecule has 2 unspecified atom stereocenters. The zero-order valence-corrected chi connectivity index (χ0v) is 14.9. The quantitative estimate of drug-likeness (QED) is 0.749. The standard InChI is InChI=1S/C19H30N2O3/c1-15-5-7-16(8-6-15)9-10-21(14-17-4-3-11-24-17)19(22)12-18(13-20)23-2/h5-8,17-18H,3-4,9-14,20H2,1-2H3. The van der Waals surface area contributed by atoms with Gasteiger partial charge in [0.15, 0.2) is 0 Å². The van der Waals surface area contributed by atoms with Gasteiger partial charge in [0.1, 0.15) is 0 Å². The molecule has 0 radical (unpaired) electrons. The summed E-state index contributed by atoms with van der Waals surface area (Å²) in [6.07, 6.45) is 3.22. The van der Waals surface area contributed by atoms with Gasteiger partial charge in [0.25, 0.3) is 0 Å². The molecule has 0 bridgehead atoms. The zero-order chi connectivity index (χ0) is 17.4. The number of aryl methyl sites for hydroxylation is 1. The average molecular weight is 334 g/mol. The van der Waals surface area contributed by atoms with Gasteiger partial charge >= 0.3 is 0 Å². The summed E-state index contributed by atoms with van der Waals surface area (Å²) < 4.78 is 11.0. The third-order valence-electron chi connectivity index (χ3n) is 4.59. The van der Waals surface area contributed by atoms with Crippen molar-refractivity contribution in [1.29, 1.82) is 0 Å². The molecule has 1 aromatic rings. The number of nitrogens with two attached hydrogens (primary N) is 1. The van der Waals surface area contributed by atoms with Gasteiger partial charge in [0.2, 0.25) is 5.91 Å². The summed E-state index contributed by atoms with van der Waals surface area (Å²) in [7, 11) is 1.60. The monoisotopic (exact) mass is 334 g/mol. The number of carbonyl (C=O) groups excluding carboxylic acids is 1. The highest BCUT2D eigenvalue weighted by Gasteiger charge is 2.24. The van der Waals surface area contributed by atoms with Gasteiger partial charge in [-0.05, 0) is 31.7 Å². The molecule has 1 heterocycles. The van der Waals surface area contributed by atoms with E-state index in [-0.39, 0.29) is 18.1 Å². The van der Waals surface area contributed by atoms with Gasteiger partial charge in [-0.2, -0.15) is 0 Å². The van der Waals surface area contributed by atoms with Crippen molar-refractivity contribution in [3.05, 3.63) is 35.4 Å². The molecular weight excluding hydrogens is 304 g/mol. The van der Waals surface area contributed by atoms with Crippen molar-refractivity contribution in [2.24, 2.45) is 5.73 Å². The van der Waals surface area contributed by atoms with Gasteiger partial charge in [0, 0.05) is 33.4 Å². The summed E-state index contributed by atoms with van der Waals surface area (Å²) in [5, 5.41) is 0. The summed E-state index contributed by atoms with van der Waals surface area (Å²) in [5.74, 6) is 0.0925. The Bertz CT molecular complexity index is 494. The molecule has 1 aromatic carbocycles. The van der Waals surface area contributed by atoms with E-state index in [1.165, 1.54) is 11.1 Å². The molecule has 1 amide bonds. The predicted molar refractivity (Wildman–Crippen MR) is 94.9 cm³/mol. The molecule has 0 spiro atoms. The van der Waals surface area contributed by atoms with E-state index in [0.29, 0.717) is 26.1 Å².